The summed E-state index contributed by atoms with van der Waals surface area (Å²) < 4.78 is 0. The smallest absolute Gasteiger partial charge is 0.225 e. The zero-order valence-electron chi connectivity index (χ0n) is 13.9. The average molecular weight is 297 g/mol. The summed E-state index contributed by atoms with van der Waals surface area (Å²) in [5.41, 5.74) is 5.85. The summed E-state index contributed by atoms with van der Waals surface area (Å²) in [6, 6.07) is 0.222. The monoisotopic (exact) mass is 297 g/mol. The van der Waals surface area contributed by atoms with Crippen LogP contribution in [0.25, 0.3) is 0 Å². The Bertz CT molecular complexity index is 367. The number of nitrogens with two attached hydrogens (primary N) is 1. The van der Waals surface area contributed by atoms with Gasteiger partial charge in [0.25, 0.3) is 0 Å². The van der Waals surface area contributed by atoms with Crippen molar-refractivity contribution in [2.75, 3.05) is 13.1 Å². The minimum absolute atomic E-state index is 0.0359. The van der Waals surface area contributed by atoms with E-state index in [0.29, 0.717) is 19.5 Å². The van der Waals surface area contributed by atoms with E-state index in [1.165, 1.54) is 0 Å². The number of hydrogen-bond acceptors (Lipinski definition) is 3. The van der Waals surface area contributed by atoms with Crippen LogP contribution in [0.4, 0.5) is 0 Å². The van der Waals surface area contributed by atoms with Gasteiger partial charge in [-0.1, -0.05) is 27.2 Å². The molecule has 1 rings (SSSR count). The van der Waals surface area contributed by atoms with Crippen molar-refractivity contribution < 1.29 is 9.59 Å². The first kappa shape index (κ1) is 18.0. The molecule has 2 atom stereocenters. The van der Waals surface area contributed by atoms with Crippen LogP contribution < -0.4 is 11.1 Å². The molecular weight excluding hydrogens is 266 g/mol. The summed E-state index contributed by atoms with van der Waals surface area (Å²) in [6.45, 7) is 9.25. The Balaban J connectivity index is 2.52. The Morgan fingerprint density at radius 1 is 1.43 bits per heavy atom. The van der Waals surface area contributed by atoms with E-state index >= 15 is 0 Å². The van der Waals surface area contributed by atoms with Crippen molar-refractivity contribution in [1.82, 2.24) is 10.2 Å². The number of rotatable bonds is 8. The summed E-state index contributed by atoms with van der Waals surface area (Å²) in [5, 5.41) is 2.94. The fourth-order valence-electron chi connectivity index (χ4n) is 2.81. The van der Waals surface area contributed by atoms with Gasteiger partial charge >= 0.3 is 0 Å². The fraction of sp³-hybridized carbons (Fsp3) is 0.875. The average Bonchev–Trinajstić information content (AvgIpc) is 2.87. The first-order chi connectivity index (χ1) is 9.86. The molecule has 0 aliphatic carbocycles. The van der Waals surface area contributed by atoms with Crippen LogP contribution in [0.1, 0.15) is 59.8 Å². The number of hydrogen-bond donors (Lipinski definition) is 2. The number of carbonyl (C=O) groups is 2. The third-order valence-electron chi connectivity index (χ3n) is 4.79. The molecule has 0 aromatic carbocycles. The topological polar surface area (TPSA) is 75.4 Å². The minimum Gasteiger partial charge on any atom is -0.354 e. The summed E-state index contributed by atoms with van der Waals surface area (Å²) in [6.07, 6.45) is 4.01. The molecule has 1 saturated heterocycles. The number of nitrogens with one attached hydrogen (secondary N) is 1. The third kappa shape index (κ3) is 4.70. The normalized spacial score (nSPS) is 20.7. The minimum atomic E-state index is -0.340. The van der Waals surface area contributed by atoms with Crippen molar-refractivity contribution in [3.05, 3.63) is 0 Å². The fourth-order valence-corrected chi connectivity index (χ4v) is 2.81. The molecular formula is C16H31N3O2. The number of carbonyl (C=O) groups excluding carboxylic acids is 2. The highest BCUT2D eigenvalue weighted by molar-refractivity contribution is 5.89. The molecule has 0 aromatic heterocycles. The highest BCUT2D eigenvalue weighted by atomic mass is 16.2. The van der Waals surface area contributed by atoms with Gasteiger partial charge in [0.2, 0.25) is 11.8 Å². The molecule has 2 amide bonds. The van der Waals surface area contributed by atoms with Gasteiger partial charge in [0, 0.05) is 31.1 Å². The predicted octanol–water partition coefficient (Wildman–Crippen LogP) is 1.66. The molecule has 3 N–H and O–H groups in total. The van der Waals surface area contributed by atoms with Gasteiger partial charge in [0.1, 0.15) is 0 Å². The third-order valence-corrected chi connectivity index (χ3v) is 4.79. The van der Waals surface area contributed by atoms with Gasteiger partial charge in [-0.25, -0.2) is 0 Å². The van der Waals surface area contributed by atoms with Crippen LogP contribution in [0.5, 0.6) is 0 Å². The van der Waals surface area contributed by atoms with Crippen LogP contribution in [0.3, 0.4) is 0 Å². The van der Waals surface area contributed by atoms with Crippen molar-refractivity contribution in [1.29, 1.82) is 0 Å². The maximum atomic E-state index is 12.2. The van der Waals surface area contributed by atoms with Crippen molar-refractivity contribution in [2.24, 2.45) is 11.7 Å². The Morgan fingerprint density at radius 3 is 2.57 bits per heavy atom. The number of amides is 2. The van der Waals surface area contributed by atoms with E-state index in [9.17, 15) is 9.59 Å². The lowest BCUT2D eigenvalue weighted by molar-refractivity contribution is -0.130. The van der Waals surface area contributed by atoms with E-state index in [1.807, 2.05) is 18.7 Å². The SMILES string of the molecule is CCCC(C)N1CC(C(=O)NCC(N)(CC)CC)CC1=O. The molecule has 1 aliphatic rings. The number of likely N-dealkylation sites (tertiary alicyclic amines) is 1. The van der Waals surface area contributed by atoms with E-state index in [2.05, 4.69) is 19.2 Å². The van der Waals surface area contributed by atoms with Crippen LogP contribution in [-0.4, -0.2) is 41.4 Å². The molecule has 0 radical (unpaired) electrons. The van der Waals surface area contributed by atoms with E-state index in [0.717, 1.165) is 25.7 Å². The molecule has 1 aliphatic heterocycles. The predicted molar refractivity (Wildman–Crippen MR) is 84.7 cm³/mol. The van der Waals surface area contributed by atoms with E-state index in [1.54, 1.807) is 0 Å². The van der Waals surface area contributed by atoms with Crippen molar-refractivity contribution in [2.45, 2.75) is 71.4 Å². The molecule has 0 spiro atoms. The van der Waals surface area contributed by atoms with Crippen LogP contribution in [0.2, 0.25) is 0 Å². The molecule has 1 heterocycles. The second kappa shape index (κ2) is 7.78. The first-order valence-electron chi connectivity index (χ1n) is 8.22. The molecule has 5 nitrogen and oxygen atoms in total. The van der Waals surface area contributed by atoms with Crippen molar-refractivity contribution in [3.8, 4) is 0 Å². The van der Waals surface area contributed by atoms with Gasteiger partial charge in [0.05, 0.1) is 5.92 Å². The van der Waals surface area contributed by atoms with Crippen molar-refractivity contribution in [3.63, 3.8) is 0 Å². The molecule has 0 saturated carbocycles. The lowest BCUT2D eigenvalue weighted by Gasteiger charge is -2.28. The Hall–Kier alpha value is -1.10. The molecule has 2 unspecified atom stereocenters. The summed E-state index contributed by atoms with van der Waals surface area (Å²) in [7, 11) is 0. The van der Waals surface area contributed by atoms with Gasteiger partial charge in [-0.05, 0) is 26.2 Å². The molecule has 5 heteroatoms. The Labute approximate surface area is 128 Å². The summed E-state index contributed by atoms with van der Waals surface area (Å²) >= 11 is 0. The van der Waals surface area contributed by atoms with Crippen LogP contribution in [0, 0.1) is 5.92 Å². The van der Waals surface area contributed by atoms with E-state index < -0.39 is 0 Å². The summed E-state index contributed by atoms with van der Waals surface area (Å²) in [5.74, 6) is -0.165. The highest BCUT2D eigenvalue weighted by Crippen LogP contribution is 2.22. The first-order valence-corrected chi connectivity index (χ1v) is 8.22. The lowest BCUT2D eigenvalue weighted by Crippen LogP contribution is -2.50. The lowest BCUT2D eigenvalue weighted by atomic mass is 9.94. The molecule has 0 bridgehead atoms. The maximum Gasteiger partial charge on any atom is 0.225 e. The standard InChI is InChI=1S/C16H31N3O2/c1-5-8-12(4)19-10-13(9-14(19)20)15(21)18-11-16(17,6-2)7-3/h12-13H,5-11,17H2,1-4H3,(H,18,21). The van der Waals surface area contributed by atoms with Gasteiger partial charge < -0.3 is 16.0 Å². The molecule has 21 heavy (non-hydrogen) atoms. The highest BCUT2D eigenvalue weighted by Gasteiger charge is 2.36. The van der Waals surface area contributed by atoms with Gasteiger partial charge in [-0.2, -0.15) is 0 Å². The maximum absolute atomic E-state index is 12.2. The Morgan fingerprint density at radius 2 is 2.05 bits per heavy atom. The second-order valence-corrected chi connectivity index (χ2v) is 6.37. The van der Waals surface area contributed by atoms with Crippen LogP contribution in [0.15, 0.2) is 0 Å². The largest absolute Gasteiger partial charge is 0.354 e. The van der Waals surface area contributed by atoms with Crippen LogP contribution in [-0.2, 0) is 9.59 Å². The second-order valence-electron chi connectivity index (χ2n) is 6.37. The van der Waals surface area contributed by atoms with Gasteiger partial charge in [-0.3, -0.25) is 9.59 Å². The number of nitrogens with zero attached hydrogens (tertiary/aromatic N) is 1. The quantitative estimate of drug-likeness (QED) is 0.715. The zero-order chi connectivity index (χ0) is 16.0. The van der Waals surface area contributed by atoms with Gasteiger partial charge in [0.15, 0.2) is 0 Å². The molecule has 122 valence electrons. The van der Waals surface area contributed by atoms with E-state index in [-0.39, 0.29) is 29.3 Å². The molecule has 1 fully saturated rings. The summed E-state index contributed by atoms with van der Waals surface area (Å²) in [4.78, 5) is 26.1. The Kier molecular flexibility index (Phi) is 6.65. The van der Waals surface area contributed by atoms with E-state index in [4.69, 9.17) is 5.73 Å². The van der Waals surface area contributed by atoms with Crippen LogP contribution >= 0.6 is 0 Å². The molecule has 0 aromatic rings. The zero-order valence-corrected chi connectivity index (χ0v) is 13.9. The van der Waals surface area contributed by atoms with Gasteiger partial charge in [-0.15, -0.1) is 0 Å². The van der Waals surface area contributed by atoms with Crippen molar-refractivity contribution >= 4 is 11.8 Å².